The minimum absolute atomic E-state index is 0.0970. The van der Waals surface area contributed by atoms with Gasteiger partial charge in [-0.3, -0.25) is 10.1 Å². The van der Waals surface area contributed by atoms with Crippen LogP contribution in [-0.4, -0.2) is 29.7 Å². The Kier molecular flexibility index (Phi) is 5.46. The van der Waals surface area contributed by atoms with Crippen molar-refractivity contribution in [1.82, 2.24) is 4.98 Å². The van der Waals surface area contributed by atoms with E-state index < -0.39 is 4.92 Å². The second-order valence-electron chi connectivity index (χ2n) is 5.18. The van der Waals surface area contributed by atoms with Crippen LogP contribution in [0.1, 0.15) is 20.3 Å². The molecule has 0 spiro atoms. The van der Waals surface area contributed by atoms with E-state index in [1.165, 1.54) is 17.4 Å². The lowest BCUT2D eigenvalue weighted by Crippen LogP contribution is -2.08. The van der Waals surface area contributed by atoms with E-state index in [1.807, 2.05) is 0 Å². The first-order valence-corrected chi connectivity index (χ1v) is 7.74. The number of aromatic nitrogens is 1. The predicted octanol–water partition coefficient (Wildman–Crippen LogP) is 3.68. The van der Waals surface area contributed by atoms with Crippen LogP contribution >= 0.6 is 11.3 Å². The van der Waals surface area contributed by atoms with Crippen LogP contribution in [0, 0.1) is 16.0 Å². The zero-order valence-corrected chi connectivity index (χ0v) is 13.0. The lowest BCUT2D eigenvalue weighted by Gasteiger charge is -2.06. The Hall–Kier alpha value is -1.73. The third kappa shape index (κ3) is 4.64. The maximum atomic E-state index is 10.7. The summed E-state index contributed by atoms with van der Waals surface area (Å²) in [6, 6.07) is 4.72. The molecule has 0 atom stereocenters. The van der Waals surface area contributed by atoms with E-state index in [1.54, 1.807) is 12.1 Å². The summed E-state index contributed by atoms with van der Waals surface area (Å²) >= 11 is 1.43. The monoisotopic (exact) mass is 309 g/mol. The van der Waals surface area contributed by atoms with Gasteiger partial charge in [0.1, 0.15) is 0 Å². The molecule has 21 heavy (non-hydrogen) atoms. The number of thiazole rings is 1. The molecule has 0 bridgehead atoms. The van der Waals surface area contributed by atoms with E-state index in [0.717, 1.165) is 41.5 Å². The van der Waals surface area contributed by atoms with Crippen LogP contribution in [0.25, 0.3) is 10.2 Å². The van der Waals surface area contributed by atoms with E-state index >= 15 is 0 Å². The summed E-state index contributed by atoms with van der Waals surface area (Å²) < 4.78 is 6.32. The number of rotatable bonds is 8. The second-order valence-corrected chi connectivity index (χ2v) is 6.21. The van der Waals surface area contributed by atoms with E-state index in [0.29, 0.717) is 5.92 Å². The number of anilines is 1. The summed E-state index contributed by atoms with van der Waals surface area (Å²) in [7, 11) is 0. The molecule has 1 N–H and O–H groups in total. The fourth-order valence-corrected chi connectivity index (χ4v) is 2.72. The summed E-state index contributed by atoms with van der Waals surface area (Å²) in [5.74, 6) is 0.554. The lowest BCUT2D eigenvalue weighted by atomic mass is 10.2. The average molecular weight is 309 g/mol. The highest BCUT2D eigenvalue weighted by molar-refractivity contribution is 7.22. The van der Waals surface area contributed by atoms with Crippen molar-refractivity contribution in [3.05, 3.63) is 28.3 Å². The molecule has 6 nitrogen and oxygen atoms in total. The van der Waals surface area contributed by atoms with Gasteiger partial charge in [0.25, 0.3) is 5.69 Å². The van der Waals surface area contributed by atoms with Crippen molar-refractivity contribution in [2.45, 2.75) is 20.3 Å². The van der Waals surface area contributed by atoms with Gasteiger partial charge in [0.2, 0.25) is 0 Å². The lowest BCUT2D eigenvalue weighted by molar-refractivity contribution is -0.384. The molecule has 0 radical (unpaired) electrons. The first kappa shape index (κ1) is 15.7. The molecule has 0 aliphatic rings. The molecule has 1 aromatic heterocycles. The fourth-order valence-electron chi connectivity index (χ4n) is 1.79. The zero-order valence-electron chi connectivity index (χ0n) is 12.2. The summed E-state index contributed by atoms with van der Waals surface area (Å²) in [5.41, 5.74) is 0.879. The molecule has 0 aliphatic carbocycles. The van der Waals surface area contributed by atoms with Crippen LogP contribution in [0.4, 0.5) is 10.8 Å². The maximum Gasteiger partial charge on any atom is 0.270 e. The molecule has 0 aliphatic heterocycles. The van der Waals surface area contributed by atoms with Crippen LogP contribution in [-0.2, 0) is 4.74 Å². The van der Waals surface area contributed by atoms with E-state index in [9.17, 15) is 10.1 Å². The van der Waals surface area contributed by atoms with Crippen molar-refractivity contribution < 1.29 is 9.66 Å². The third-order valence-corrected chi connectivity index (χ3v) is 3.75. The largest absolute Gasteiger partial charge is 0.381 e. The van der Waals surface area contributed by atoms with Gasteiger partial charge in [-0.1, -0.05) is 25.2 Å². The number of nitro groups is 1. The normalized spacial score (nSPS) is 11.2. The molecule has 1 aromatic carbocycles. The van der Waals surface area contributed by atoms with Crippen LogP contribution in [0.3, 0.4) is 0 Å². The van der Waals surface area contributed by atoms with Gasteiger partial charge in [-0.15, -0.1) is 0 Å². The highest BCUT2D eigenvalue weighted by Crippen LogP contribution is 2.28. The highest BCUT2D eigenvalue weighted by Gasteiger charge is 2.09. The Balaban J connectivity index is 1.84. The average Bonchev–Trinajstić information content (AvgIpc) is 2.83. The molecule has 1 heterocycles. The summed E-state index contributed by atoms with van der Waals surface area (Å²) in [4.78, 5) is 14.7. The maximum absolute atomic E-state index is 10.7. The first-order chi connectivity index (χ1) is 10.1. The number of non-ortho nitro benzene ring substituents is 1. The predicted molar refractivity (Wildman–Crippen MR) is 85.0 cm³/mol. The molecular formula is C14H19N3O3S. The van der Waals surface area contributed by atoms with Crippen molar-refractivity contribution in [2.24, 2.45) is 5.92 Å². The van der Waals surface area contributed by atoms with Crippen LogP contribution in [0.2, 0.25) is 0 Å². The number of benzene rings is 1. The van der Waals surface area contributed by atoms with Crippen molar-refractivity contribution in [2.75, 3.05) is 25.1 Å². The molecular weight excluding hydrogens is 290 g/mol. The Morgan fingerprint density at radius 1 is 1.48 bits per heavy atom. The quantitative estimate of drug-likeness (QED) is 0.457. The molecule has 0 unspecified atom stereocenters. The Morgan fingerprint density at radius 2 is 2.29 bits per heavy atom. The van der Waals surface area contributed by atoms with Crippen LogP contribution in [0.5, 0.6) is 0 Å². The van der Waals surface area contributed by atoms with Gasteiger partial charge in [0, 0.05) is 31.9 Å². The summed E-state index contributed by atoms with van der Waals surface area (Å²) in [5, 5.41) is 14.7. The molecule has 0 amide bonds. The smallest absolute Gasteiger partial charge is 0.270 e. The molecule has 2 aromatic rings. The van der Waals surface area contributed by atoms with Crippen molar-refractivity contribution in [3.63, 3.8) is 0 Å². The van der Waals surface area contributed by atoms with Gasteiger partial charge in [-0.25, -0.2) is 4.98 Å². The Labute approximate surface area is 127 Å². The van der Waals surface area contributed by atoms with E-state index in [4.69, 9.17) is 4.74 Å². The van der Waals surface area contributed by atoms with Gasteiger partial charge in [-0.05, 0) is 18.4 Å². The number of ether oxygens (including phenoxy) is 1. The van der Waals surface area contributed by atoms with E-state index in [2.05, 4.69) is 24.1 Å². The SMILES string of the molecule is CC(C)COCCCNc1nc2ccc([N+](=O)[O-])cc2s1. The topological polar surface area (TPSA) is 77.3 Å². The van der Waals surface area contributed by atoms with Crippen LogP contribution in [0.15, 0.2) is 18.2 Å². The van der Waals surface area contributed by atoms with Gasteiger partial charge in [0.15, 0.2) is 5.13 Å². The molecule has 7 heteroatoms. The van der Waals surface area contributed by atoms with Gasteiger partial charge >= 0.3 is 0 Å². The van der Waals surface area contributed by atoms with Crippen molar-refractivity contribution in [1.29, 1.82) is 0 Å². The molecule has 0 saturated heterocycles. The van der Waals surface area contributed by atoms with Gasteiger partial charge in [-0.2, -0.15) is 0 Å². The van der Waals surface area contributed by atoms with E-state index in [-0.39, 0.29) is 5.69 Å². The molecule has 0 saturated carbocycles. The Bertz CT molecular complexity index is 613. The Morgan fingerprint density at radius 3 is 3.00 bits per heavy atom. The third-order valence-electron chi connectivity index (χ3n) is 2.78. The van der Waals surface area contributed by atoms with Crippen LogP contribution < -0.4 is 5.32 Å². The number of nitro benzene ring substituents is 1. The second kappa shape index (κ2) is 7.33. The summed E-state index contributed by atoms with van der Waals surface area (Å²) in [6.07, 6.45) is 0.906. The van der Waals surface area contributed by atoms with Gasteiger partial charge in [0.05, 0.1) is 15.1 Å². The minimum atomic E-state index is -0.391. The molecule has 114 valence electrons. The number of hydrogen-bond acceptors (Lipinski definition) is 6. The highest BCUT2D eigenvalue weighted by atomic mass is 32.1. The molecule has 2 rings (SSSR count). The summed E-state index contributed by atoms with van der Waals surface area (Å²) in [6.45, 7) is 6.53. The molecule has 0 fully saturated rings. The number of fused-ring (bicyclic) bond motifs is 1. The van der Waals surface area contributed by atoms with Crippen molar-refractivity contribution >= 4 is 32.4 Å². The zero-order chi connectivity index (χ0) is 15.2. The fraction of sp³-hybridized carbons (Fsp3) is 0.500. The number of nitrogens with zero attached hydrogens (tertiary/aromatic N) is 2. The van der Waals surface area contributed by atoms with Crippen molar-refractivity contribution in [3.8, 4) is 0 Å². The number of hydrogen-bond donors (Lipinski definition) is 1. The standard InChI is InChI=1S/C14H19N3O3S/c1-10(2)9-20-7-3-6-15-14-16-12-5-4-11(17(18)19)8-13(12)21-14/h4-5,8,10H,3,6-7,9H2,1-2H3,(H,15,16). The number of nitrogens with one attached hydrogen (secondary N) is 1. The van der Waals surface area contributed by atoms with Gasteiger partial charge < -0.3 is 10.1 Å². The first-order valence-electron chi connectivity index (χ1n) is 6.93. The minimum Gasteiger partial charge on any atom is -0.381 e.